The lowest BCUT2D eigenvalue weighted by Crippen LogP contribution is -2.46. The van der Waals surface area contributed by atoms with E-state index >= 15 is 0 Å². The molecular weight excluding hydrogens is 354 g/mol. The molecule has 1 aliphatic heterocycles. The molecule has 1 N–H and O–H groups in total. The topological polar surface area (TPSA) is 102 Å². The van der Waals surface area contributed by atoms with Crippen molar-refractivity contribution in [1.29, 1.82) is 0 Å². The van der Waals surface area contributed by atoms with Crippen LogP contribution in [0.5, 0.6) is 0 Å². The third-order valence-corrected chi connectivity index (χ3v) is 3.87. The minimum Gasteiger partial charge on any atom is -0.480 e. The quantitative estimate of drug-likeness (QED) is 0.756. The van der Waals surface area contributed by atoms with Crippen LogP contribution in [0.2, 0.25) is 0 Å². The van der Waals surface area contributed by atoms with Crippen molar-refractivity contribution in [2.75, 3.05) is 13.2 Å². The van der Waals surface area contributed by atoms with E-state index in [-0.39, 0.29) is 19.8 Å². The first kappa shape index (κ1) is 20.7. The van der Waals surface area contributed by atoms with Crippen molar-refractivity contribution in [3.63, 3.8) is 0 Å². The molecule has 0 aliphatic carbocycles. The zero-order valence-electron chi connectivity index (χ0n) is 15.7. The monoisotopic (exact) mass is 379 g/mol. The maximum atomic E-state index is 12.3. The zero-order valence-corrected chi connectivity index (χ0v) is 15.7. The molecule has 1 fully saturated rings. The Morgan fingerprint density at radius 2 is 1.85 bits per heavy atom. The number of hydrogen-bond acceptors (Lipinski definition) is 6. The van der Waals surface area contributed by atoms with E-state index in [1.807, 2.05) is 18.2 Å². The zero-order chi connectivity index (χ0) is 20.0. The highest BCUT2D eigenvalue weighted by molar-refractivity contribution is 5.81. The van der Waals surface area contributed by atoms with E-state index in [1.165, 1.54) is 0 Å². The van der Waals surface area contributed by atoms with E-state index in [1.54, 1.807) is 32.9 Å². The minimum absolute atomic E-state index is 0.0476. The molecule has 1 amide bonds. The average Bonchev–Trinajstić information content (AvgIpc) is 3.01. The molecule has 0 radical (unpaired) electrons. The lowest BCUT2D eigenvalue weighted by Gasteiger charge is -2.24. The van der Waals surface area contributed by atoms with E-state index in [0.29, 0.717) is 6.42 Å². The first-order valence-electron chi connectivity index (χ1n) is 8.71. The number of benzene rings is 1. The van der Waals surface area contributed by atoms with Crippen LogP contribution in [-0.2, 0) is 30.4 Å². The van der Waals surface area contributed by atoms with Crippen molar-refractivity contribution in [2.45, 2.75) is 51.5 Å². The number of carbonyl (C=O) groups is 3. The number of carbonyl (C=O) groups excluding carboxylic acids is 2. The number of aliphatic carboxylic acids is 1. The molecule has 8 nitrogen and oxygen atoms in total. The summed E-state index contributed by atoms with van der Waals surface area (Å²) in [6, 6.07) is 7.88. The van der Waals surface area contributed by atoms with E-state index in [4.69, 9.17) is 14.2 Å². The Morgan fingerprint density at radius 3 is 2.44 bits per heavy atom. The lowest BCUT2D eigenvalue weighted by atomic mass is 10.1. The number of amides is 1. The Hall–Kier alpha value is -2.61. The Labute approximate surface area is 158 Å². The molecule has 2 atom stereocenters. The highest BCUT2D eigenvalue weighted by Crippen LogP contribution is 2.23. The number of rotatable bonds is 6. The third kappa shape index (κ3) is 6.25. The molecule has 148 valence electrons. The predicted molar refractivity (Wildman–Crippen MR) is 95.0 cm³/mol. The summed E-state index contributed by atoms with van der Waals surface area (Å²) >= 11 is 0. The molecule has 0 unspecified atom stereocenters. The normalized spacial score (nSPS) is 19.6. The molecule has 1 aliphatic rings. The van der Waals surface area contributed by atoms with Gasteiger partial charge in [-0.05, 0) is 32.8 Å². The highest BCUT2D eigenvalue weighted by Gasteiger charge is 2.44. The standard InChI is InChI=1S/C19H25NO7/c1-19(2,3)27-15(21)12-25-14-9-10-20(16(14)17(22)23)18(24)26-11-13-7-5-4-6-8-13/h4-8,14,16H,9-12H2,1-3H3,(H,22,23)/t14-,16-/m0/s1. The van der Waals surface area contributed by atoms with Crippen LogP contribution in [0.25, 0.3) is 0 Å². The van der Waals surface area contributed by atoms with Gasteiger partial charge < -0.3 is 19.3 Å². The van der Waals surface area contributed by atoms with Crippen molar-refractivity contribution >= 4 is 18.0 Å². The molecule has 1 saturated heterocycles. The summed E-state index contributed by atoms with van der Waals surface area (Å²) in [6.45, 7) is 5.02. The van der Waals surface area contributed by atoms with Gasteiger partial charge >= 0.3 is 18.0 Å². The van der Waals surface area contributed by atoms with Crippen molar-refractivity contribution in [1.82, 2.24) is 4.90 Å². The van der Waals surface area contributed by atoms with Crippen LogP contribution in [0.4, 0.5) is 4.79 Å². The van der Waals surface area contributed by atoms with Crippen LogP contribution in [0.15, 0.2) is 30.3 Å². The van der Waals surface area contributed by atoms with Crippen molar-refractivity contribution in [2.24, 2.45) is 0 Å². The largest absolute Gasteiger partial charge is 0.480 e. The Morgan fingerprint density at radius 1 is 1.19 bits per heavy atom. The third-order valence-electron chi connectivity index (χ3n) is 3.87. The molecule has 0 saturated carbocycles. The van der Waals surface area contributed by atoms with Gasteiger partial charge in [-0.2, -0.15) is 0 Å². The molecule has 1 aromatic rings. The van der Waals surface area contributed by atoms with E-state index < -0.39 is 35.8 Å². The van der Waals surface area contributed by atoms with Gasteiger partial charge in [-0.15, -0.1) is 0 Å². The molecule has 0 spiro atoms. The van der Waals surface area contributed by atoms with Gasteiger partial charge in [0.05, 0.1) is 6.10 Å². The van der Waals surface area contributed by atoms with E-state index in [0.717, 1.165) is 10.5 Å². The summed E-state index contributed by atoms with van der Waals surface area (Å²) in [6.07, 6.45) is -1.24. The number of carboxylic acid groups (broad SMARTS) is 1. The van der Waals surface area contributed by atoms with Crippen LogP contribution in [0, 0.1) is 0 Å². The van der Waals surface area contributed by atoms with Crippen molar-refractivity contribution in [3.05, 3.63) is 35.9 Å². The minimum atomic E-state index is -1.21. The maximum Gasteiger partial charge on any atom is 0.410 e. The number of hydrogen-bond donors (Lipinski definition) is 1. The van der Waals surface area contributed by atoms with Crippen LogP contribution >= 0.6 is 0 Å². The second-order valence-electron chi connectivity index (χ2n) is 7.24. The summed E-state index contributed by atoms with van der Waals surface area (Å²) in [4.78, 5) is 36.8. The van der Waals surface area contributed by atoms with Gasteiger partial charge in [0.25, 0.3) is 0 Å². The SMILES string of the molecule is CC(C)(C)OC(=O)CO[C@H]1CCN(C(=O)OCc2ccccc2)[C@@H]1C(=O)O. The first-order valence-corrected chi connectivity index (χ1v) is 8.71. The average molecular weight is 379 g/mol. The molecule has 0 bridgehead atoms. The Bertz CT molecular complexity index is 668. The molecule has 27 heavy (non-hydrogen) atoms. The number of carboxylic acids is 1. The van der Waals surface area contributed by atoms with Crippen LogP contribution in [0.1, 0.15) is 32.8 Å². The summed E-state index contributed by atoms with van der Waals surface area (Å²) in [5, 5.41) is 9.49. The Balaban J connectivity index is 1.91. The summed E-state index contributed by atoms with van der Waals surface area (Å²) in [5.74, 6) is -1.80. The van der Waals surface area contributed by atoms with Gasteiger partial charge in [0.1, 0.15) is 18.8 Å². The van der Waals surface area contributed by atoms with Crippen LogP contribution in [0.3, 0.4) is 0 Å². The molecule has 0 aromatic heterocycles. The smallest absolute Gasteiger partial charge is 0.410 e. The van der Waals surface area contributed by atoms with E-state index in [9.17, 15) is 19.5 Å². The highest BCUT2D eigenvalue weighted by atomic mass is 16.6. The molecule has 1 heterocycles. The first-order chi connectivity index (χ1) is 12.7. The van der Waals surface area contributed by atoms with Crippen molar-refractivity contribution in [3.8, 4) is 0 Å². The van der Waals surface area contributed by atoms with Gasteiger partial charge in [0, 0.05) is 6.54 Å². The summed E-state index contributed by atoms with van der Waals surface area (Å²) in [7, 11) is 0. The van der Waals surface area contributed by atoms with Gasteiger partial charge in [0.2, 0.25) is 0 Å². The van der Waals surface area contributed by atoms with E-state index in [2.05, 4.69) is 0 Å². The molecular formula is C19H25NO7. The maximum absolute atomic E-state index is 12.3. The fourth-order valence-electron chi connectivity index (χ4n) is 2.78. The van der Waals surface area contributed by atoms with Gasteiger partial charge in [-0.3, -0.25) is 4.90 Å². The fourth-order valence-corrected chi connectivity index (χ4v) is 2.78. The number of esters is 1. The number of ether oxygens (including phenoxy) is 3. The Kier molecular flexibility index (Phi) is 6.79. The second-order valence-corrected chi connectivity index (χ2v) is 7.24. The number of likely N-dealkylation sites (tertiary alicyclic amines) is 1. The van der Waals surface area contributed by atoms with Gasteiger partial charge in [-0.25, -0.2) is 14.4 Å². The lowest BCUT2D eigenvalue weighted by molar-refractivity contribution is -0.164. The number of nitrogens with zero attached hydrogens (tertiary/aromatic N) is 1. The fraction of sp³-hybridized carbons (Fsp3) is 0.526. The second kappa shape index (κ2) is 8.85. The predicted octanol–water partition coefficient (Wildman–Crippen LogP) is 2.21. The van der Waals surface area contributed by atoms with Crippen LogP contribution in [-0.4, -0.2) is 58.9 Å². The molecule has 2 rings (SSSR count). The molecule has 8 heteroatoms. The summed E-state index contributed by atoms with van der Waals surface area (Å²) < 4.78 is 15.8. The van der Waals surface area contributed by atoms with Gasteiger partial charge in [-0.1, -0.05) is 30.3 Å². The van der Waals surface area contributed by atoms with Crippen LogP contribution < -0.4 is 0 Å². The van der Waals surface area contributed by atoms with Gasteiger partial charge in [0.15, 0.2) is 6.04 Å². The van der Waals surface area contributed by atoms with Crippen molar-refractivity contribution < 1.29 is 33.7 Å². The summed E-state index contributed by atoms with van der Waals surface area (Å²) in [5.41, 5.74) is 0.143. The molecule has 1 aromatic carbocycles.